The normalized spacial score (nSPS) is 18.2. The molecule has 0 aliphatic heterocycles. The summed E-state index contributed by atoms with van der Waals surface area (Å²) in [6, 6.07) is 0. The van der Waals surface area contributed by atoms with Crippen LogP contribution >= 0.6 is 0 Å². The molecule has 7 nitrogen and oxygen atoms in total. The van der Waals surface area contributed by atoms with Crippen LogP contribution in [0.4, 0.5) is 0 Å². The lowest BCUT2D eigenvalue weighted by atomic mass is 9.84. The molecule has 130 valence electrons. The fourth-order valence-electron chi connectivity index (χ4n) is 3.07. The van der Waals surface area contributed by atoms with Crippen LogP contribution in [0.3, 0.4) is 0 Å². The molecule has 1 aliphatic rings. The largest absolute Gasteiger partial charge is 0.371 e. The van der Waals surface area contributed by atoms with E-state index >= 15 is 0 Å². The first kappa shape index (κ1) is 17.7. The Morgan fingerprint density at radius 1 is 1.30 bits per heavy atom. The highest BCUT2D eigenvalue weighted by Gasteiger charge is 2.34. The van der Waals surface area contributed by atoms with Gasteiger partial charge < -0.3 is 19.9 Å². The van der Waals surface area contributed by atoms with Gasteiger partial charge in [-0.3, -0.25) is 4.99 Å². The van der Waals surface area contributed by atoms with E-state index in [0.29, 0.717) is 18.3 Å². The molecule has 23 heavy (non-hydrogen) atoms. The maximum Gasteiger partial charge on any atom is 0.246 e. The molecule has 7 heteroatoms. The van der Waals surface area contributed by atoms with Gasteiger partial charge in [0, 0.05) is 13.6 Å². The van der Waals surface area contributed by atoms with Crippen LogP contribution in [-0.2, 0) is 11.3 Å². The molecule has 1 aromatic heterocycles. The van der Waals surface area contributed by atoms with Gasteiger partial charge >= 0.3 is 0 Å². The van der Waals surface area contributed by atoms with Gasteiger partial charge in [-0.2, -0.15) is 4.98 Å². The molecule has 0 saturated heterocycles. The van der Waals surface area contributed by atoms with Crippen LogP contribution in [0.15, 0.2) is 9.52 Å². The number of aromatic nitrogens is 2. The number of rotatable bonds is 6. The second-order valence-electron chi connectivity index (χ2n) is 6.42. The Labute approximate surface area is 138 Å². The molecule has 0 aromatic carbocycles. The van der Waals surface area contributed by atoms with Gasteiger partial charge in [0.25, 0.3) is 0 Å². The molecule has 0 atom stereocenters. The average Bonchev–Trinajstić information content (AvgIpc) is 2.93. The molecular weight excluding hydrogens is 294 g/mol. The third-order valence-electron chi connectivity index (χ3n) is 4.03. The third kappa shape index (κ3) is 5.49. The van der Waals surface area contributed by atoms with Gasteiger partial charge in [0.1, 0.15) is 0 Å². The van der Waals surface area contributed by atoms with Gasteiger partial charge in [-0.15, -0.1) is 0 Å². The zero-order chi connectivity index (χ0) is 16.7. The van der Waals surface area contributed by atoms with E-state index in [4.69, 9.17) is 9.26 Å². The predicted molar refractivity (Wildman–Crippen MR) is 89.3 cm³/mol. The molecule has 1 saturated carbocycles. The number of nitrogens with zero attached hydrogens (tertiary/aromatic N) is 3. The van der Waals surface area contributed by atoms with E-state index in [1.165, 1.54) is 19.3 Å². The number of nitrogens with one attached hydrogen (secondary N) is 2. The first-order valence-electron chi connectivity index (χ1n) is 8.44. The summed E-state index contributed by atoms with van der Waals surface area (Å²) in [6.07, 6.45) is 6.16. The first-order valence-corrected chi connectivity index (χ1v) is 8.44. The van der Waals surface area contributed by atoms with E-state index in [1.807, 2.05) is 0 Å². The predicted octanol–water partition coefficient (Wildman–Crippen LogP) is 2.17. The van der Waals surface area contributed by atoms with Crippen molar-refractivity contribution in [2.24, 2.45) is 4.99 Å². The number of hydrogen-bond donors (Lipinski definition) is 2. The maximum absolute atomic E-state index is 6.25. The zero-order valence-corrected chi connectivity index (χ0v) is 14.7. The molecule has 0 amide bonds. The van der Waals surface area contributed by atoms with Crippen molar-refractivity contribution in [3.63, 3.8) is 0 Å². The van der Waals surface area contributed by atoms with E-state index < -0.39 is 0 Å². The van der Waals surface area contributed by atoms with Crippen LogP contribution in [0.25, 0.3) is 0 Å². The van der Waals surface area contributed by atoms with Gasteiger partial charge in [0.15, 0.2) is 11.8 Å². The molecule has 0 spiro atoms. The number of aryl methyl sites for hydroxylation is 1. The van der Waals surface area contributed by atoms with Gasteiger partial charge in [-0.1, -0.05) is 24.4 Å². The van der Waals surface area contributed by atoms with Crippen LogP contribution in [0, 0.1) is 6.92 Å². The molecule has 1 fully saturated rings. The fraction of sp³-hybridized carbons (Fsp3) is 0.812. The van der Waals surface area contributed by atoms with Crippen LogP contribution < -0.4 is 10.6 Å². The van der Waals surface area contributed by atoms with Crippen LogP contribution in [-0.4, -0.2) is 41.4 Å². The summed E-state index contributed by atoms with van der Waals surface area (Å²) < 4.78 is 11.3. The minimum atomic E-state index is -0.0922. The Balaban J connectivity index is 1.87. The SMILES string of the molecule is CN=C(NCc1nc(C)no1)NCC1(OC(C)C)CCCCC1. The van der Waals surface area contributed by atoms with E-state index in [9.17, 15) is 0 Å². The molecular formula is C16H29N5O2. The van der Waals surface area contributed by atoms with Gasteiger partial charge in [0.2, 0.25) is 5.89 Å². The second-order valence-corrected chi connectivity index (χ2v) is 6.42. The van der Waals surface area contributed by atoms with Crippen molar-refractivity contribution in [3.8, 4) is 0 Å². The molecule has 1 aromatic rings. The Morgan fingerprint density at radius 2 is 2.04 bits per heavy atom. The van der Waals surface area contributed by atoms with Crippen molar-refractivity contribution in [1.29, 1.82) is 0 Å². The lowest BCUT2D eigenvalue weighted by Crippen LogP contribution is -2.50. The Morgan fingerprint density at radius 3 is 2.61 bits per heavy atom. The topological polar surface area (TPSA) is 84.6 Å². The highest BCUT2D eigenvalue weighted by atomic mass is 16.5. The molecule has 0 unspecified atom stereocenters. The summed E-state index contributed by atoms with van der Waals surface area (Å²) in [4.78, 5) is 8.43. The Kier molecular flexibility index (Phi) is 6.38. The van der Waals surface area contributed by atoms with Crippen molar-refractivity contribution in [2.75, 3.05) is 13.6 Å². The van der Waals surface area contributed by atoms with E-state index in [-0.39, 0.29) is 11.7 Å². The summed E-state index contributed by atoms with van der Waals surface area (Å²) in [5, 5.41) is 10.4. The van der Waals surface area contributed by atoms with Crippen molar-refractivity contribution in [1.82, 2.24) is 20.8 Å². The standard InChI is InChI=1S/C16H29N5O2/c1-12(2)22-16(8-6-5-7-9-16)11-19-15(17-4)18-10-14-20-13(3)21-23-14/h12H,5-11H2,1-4H3,(H2,17,18,19). The Hall–Kier alpha value is -1.63. The van der Waals surface area contributed by atoms with Gasteiger partial charge in [0.05, 0.1) is 18.2 Å². The molecule has 2 rings (SSSR count). The fourth-order valence-corrected chi connectivity index (χ4v) is 3.07. The monoisotopic (exact) mass is 323 g/mol. The maximum atomic E-state index is 6.25. The molecule has 1 heterocycles. The number of guanidine groups is 1. The van der Waals surface area contributed by atoms with Crippen LogP contribution in [0.5, 0.6) is 0 Å². The zero-order valence-electron chi connectivity index (χ0n) is 14.7. The van der Waals surface area contributed by atoms with Crippen molar-refractivity contribution >= 4 is 5.96 Å². The highest BCUT2D eigenvalue weighted by molar-refractivity contribution is 5.79. The quantitative estimate of drug-likeness (QED) is 0.616. The summed E-state index contributed by atoms with van der Waals surface area (Å²) in [5.74, 6) is 1.91. The second kappa shape index (κ2) is 8.29. The first-order chi connectivity index (χ1) is 11.0. The summed E-state index contributed by atoms with van der Waals surface area (Å²) in [6.45, 7) is 7.21. The summed E-state index contributed by atoms with van der Waals surface area (Å²) in [5.41, 5.74) is -0.0922. The Bertz CT molecular complexity index is 506. The van der Waals surface area contributed by atoms with Crippen LogP contribution in [0.2, 0.25) is 0 Å². The number of ether oxygens (including phenoxy) is 1. The van der Waals surface area contributed by atoms with Crippen LogP contribution in [0.1, 0.15) is 57.7 Å². The lowest BCUT2D eigenvalue weighted by molar-refractivity contribution is -0.0969. The lowest BCUT2D eigenvalue weighted by Gasteiger charge is -2.39. The third-order valence-corrected chi connectivity index (χ3v) is 4.03. The van der Waals surface area contributed by atoms with E-state index in [1.54, 1.807) is 14.0 Å². The number of aliphatic imine (C=N–C) groups is 1. The van der Waals surface area contributed by atoms with E-state index in [0.717, 1.165) is 25.3 Å². The molecule has 0 bridgehead atoms. The number of hydrogen-bond acceptors (Lipinski definition) is 5. The molecule has 2 N–H and O–H groups in total. The van der Waals surface area contributed by atoms with Crippen molar-refractivity contribution < 1.29 is 9.26 Å². The minimum absolute atomic E-state index is 0.0922. The highest BCUT2D eigenvalue weighted by Crippen LogP contribution is 2.32. The van der Waals surface area contributed by atoms with Gasteiger partial charge in [-0.25, -0.2) is 0 Å². The van der Waals surface area contributed by atoms with Crippen molar-refractivity contribution in [2.45, 2.75) is 71.1 Å². The van der Waals surface area contributed by atoms with Crippen molar-refractivity contribution in [3.05, 3.63) is 11.7 Å². The summed E-state index contributed by atoms with van der Waals surface area (Å²) in [7, 11) is 1.76. The molecule has 0 radical (unpaired) electrons. The smallest absolute Gasteiger partial charge is 0.246 e. The van der Waals surface area contributed by atoms with Gasteiger partial charge in [-0.05, 0) is 33.6 Å². The molecule has 1 aliphatic carbocycles. The van der Waals surface area contributed by atoms with E-state index in [2.05, 4.69) is 39.6 Å². The average molecular weight is 323 g/mol. The summed E-state index contributed by atoms with van der Waals surface area (Å²) >= 11 is 0. The minimum Gasteiger partial charge on any atom is -0.371 e.